The molecule has 1 aromatic carbocycles. The zero-order valence-corrected chi connectivity index (χ0v) is 10.8. The first kappa shape index (κ1) is 12.9. The largest absolute Gasteiger partial charge is 0.508 e. The van der Waals surface area contributed by atoms with Gasteiger partial charge < -0.3 is 16.2 Å². The van der Waals surface area contributed by atoms with E-state index in [0.717, 1.165) is 5.56 Å². The average Bonchev–Trinajstić information content (AvgIpc) is 2.36. The monoisotopic (exact) mass is 257 g/mol. The Morgan fingerprint density at radius 2 is 2.05 bits per heavy atom. The lowest BCUT2D eigenvalue weighted by molar-refractivity contribution is 0.102. The quantitative estimate of drug-likeness (QED) is 0.769. The topological polar surface area (TPSA) is 88.2 Å². The number of nitrogens with zero attached hydrogens (tertiary/aromatic N) is 1. The zero-order valence-electron chi connectivity index (χ0n) is 10.8. The van der Waals surface area contributed by atoms with E-state index in [1.54, 1.807) is 32.0 Å². The van der Waals surface area contributed by atoms with Crippen LogP contribution in [0.1, 0.15) is 21.6 Å². The van der Waals surface area contributed by atoms with Gasteiger partial charge in [-0.15, -0.1) is 0 Å². The van der Waals surface area contributed by atoms with E-state index in [9.17, 15) is 9.90 Å². The molecule has 0 aliphatic heterocycles. The highest BCUT2D eigenvalue weighted by Crippen LogP contribution is 2.21. The number of pyridine rings is 1. The highest BCUT2D eigenvalue weighted by molar-refractivity contribution is 6.05. The number of anilines is 2. The molecule has 1 aromatic heterocycles. The van der Waals surface area contributed by atoms with Gasteiger partial charge in [0, 0.05) is 11.8 Å². The molecule has 0 radical (unpaired) electrons. The molecule has 1 amide bonds. The summed E-state index contributed by atoms with van der Waals surface area (Å²) in [5.74, 6) is -0.166. The number of nitrogen functional groups attached to an aromatic ring is 1. The standard InChI is InChI=1S/C14H15N3O2/c1-8-3-4-11(6-13(8)18)17-14(19)12-5-10(15)7-16-9(12)2/h3-7,18H,15H2,1-2H3,(H,17,19). The Morgan fingerprint density at radius 1 is 1.32 bits per heavy atom. The summed E-state index contributed by atoms with van der Waals surface area (Å²) in [6.45, 7) is 3.52. The number of hydrogen-bond acceptors (Lipinski definition) is 4. The van der Waals surface area contributed by atoms with Crippen LogP contribution < -0.4 is 11.1 Å². The van der Waals surface area contributed by atoms with E-state index < -0.39 is 0 Å². The number of nitrogens with two attached hydrogens (primary N) is 1. The predicted octanol–water partition coefficient (Wildman–Crippen LogP) is 2.24. The third kappa shape index (κ3) is 2.82. The first-order valence-electron chi connectivity index (χ1n) is 5.80. The number of aromatic hydroxyl groups is 1. The fourth-order valence-corrected chi connectivity index (χ4v) is 1.66. The molecule has 2 aromatic rings. The van der Waals surface area contributed by atoms with E-state index in [-0.39, 0.29) is 11.7 Å². The van der Waals surface area contributed by atoms with Crippen molar-refractivity contribution in [1.29, 1.82) is 0 Å². The second-order valence-electron chi connectivity index (χ2n) is 4.36. The zero-order chi connectivity index (χ0) is 14.0. The number of nitrogens with one attached hydrogen (secondary N) is 1. The maximum absolute atomic E-state index is 12.1. The van der Waals surface area contributed by atoms with Crippen LogP contribution in [0.2, 0.25) is 0 Å². The van der Waals surface area contributed by atoms with Crippen LogP contribution in [0.25, 0.3) is 0 Å². The lowest BCUT2D eigenvalue weighted by atomic mass is 10.1. The number of phenolic OH excluding ortho intramolecular Hbond substituents is 1. The van der Waals surface area contributed by atoms with Crippen LogP contribution in [0.15, 0.2) is 30.5 Å². The van der Waals surface area contributed by atoms with Crippen molar-refractivity contribution in [1.82, 2.24) is 4.98 Å². The Morgan fingerprint density at radius 3 is 2.74 bits per heavy atom. The van der Waals surface area contributed by atoms with E-state index in [4.69, 9.17) is 5.73 Å². The van der Waals surface area contributed by atoms with Gasteiger partial charge in [-0.3, -0.25) is 9.78 Å². The minimum Gasteiger partial charge on any atom is -0.508 e. The molecule has 0 saturated carbocycles. The number of phenols is 1. The van der Waals surface area contributed by atoms with Crippen LogP contribution in [-0.2, 0) is 0 Å². The van der Waals surface area contributed by atoms with Crippen molar-refractivity contribution in [3.05, 3.63) is 47.3 Å². The van der Waals surface area contributed by atoms with Gasteiger partial charge >= 0.3 is 0 Å². The average molecular weight is 257 g/mol. The van der Waals surface area contributed by atoms with Crippen molar-refractivity contribution in [2.45, 2.75) is 13.8 Å². The summed E-state index contributed by atoms with van der Waals surface area (Å²) in [5.41, 5.74) is 8.34. The van der Waals surface area contributed by atoms with Crippen LogP contribution >= 0.6 is 0 Å². The fourth-order valence-electron chi connectivity index (χ4n) is 1.66. The minimum atomic E-state index is -0.305. The summed E-state index contributed by atoms with van der Waals surface area (Å²) in [6.07, 6.45) is 1.50. The number of amides is 1. The molecule has 0 unspecified atom stereocenters. The summed E-state index contributed by atoms with van der Waals surface area (Å²) < 4.78 is 0. The molecule has 0 saturated heterocycles. The molecule has 0 spiro atoms. The number of aryl methyl sites for hydroxylation is 2. The Hall–Kier alpha value is -2.56. The molecule has 1 heterocycles. The molecule has 19 heavy (non-hydrogen) atoms. The van der Waals surface area contributed by atoms with Gasteiger partial charge in [-0.1, -0.05) is 6.07 Å². The second kappa shape index (κ2) is 4.97. The molecular formula is C14H15N3O2. The number of carbonyl (C=O) groups is 1. The van der Waals surface area contributed by atoms with E-state index in [1.807, 2.05) is 0 Å². The summed E-state index contributed by atoms with van der Waals surface area (Å²) in [7, 11) is 0. The molecule has 5 heteroatoms. The summed E-state index contributed by atoms with van der Waals surface area (Å²) in [6, 6.07) is 6.53. The molecule has 2 rings (SSSR count). The van der Waals surface area contributed by atoms with Crippen molar-refractivity contribution < 1.29 is 9.90 Å². The lowest BCUT2D eigenvalue weighted by Crippen LogP contribution is -2.14. The predicted molar refractivity (Wildman–Crippen MR) is 74.2 cm³/mol. The Balaban J connectivity index is 2.25. The van der Waals surface area contributed by atoms with Crippen LogP contribution in [0.4, 0.5) is 11.4 Å². The van der Waals surface area contributed by atoms with Crippen LogP contribution in [-0.4, -0.2) is 16.0 Å². The number of carbonyl (C=O) groups excluding carboxylic acids is 1. The van der Waals surface area contributed by atoms with E-state index in [1.165, 1.54) is 12.3 Å². The summed E-state index contributed by atoms with van der Waals surface area (Å²) >= 11 is 0. The van der Waals surface area contributed by atoms with Gasteiger partial charge in [-0.25, -0.2) is 0 Å². The minimum absolute atomic E-state index is 0.139. The first-order chi connectivity index (χ1) is 8.97. The number of rotatable bonds is 2. The van der Waals surface area contributed by atoms with Gasteiger partial charge in [-0.05, 0) is 31.5 Å². The van der Waals surface area contributed by atoms with Gasteiger partial charge in [0.2, 0.25) is 0 Å². The third-order valence-electron chi connectivity index (χ3n) is 2.82. The summed E-state index contributed by atoms with van der Waals surface area (Å²) in [5, 5.41) is 12.3. The maximum atomic E-state index is 12.1. The lowest BCUT2D eigenvalue weighted by Gasteiger charge is -2.09. The van der Waals surface area contributed by atoms with Gasteiger partial charge in [0.25, 0.3) is 5.91 Å². The van der Waals surface area contributed by atoms with Crippen molar-refractivity contribution in [2.75, 3.05) is 11.1 Å². The number of hydrogen-bond donors (Lipinski definition) is 3. The summed E-state index contributed by atoms with van der Waals surface area (Å²) in [4.78, 5) is 16.1. The van der Waals surface area contributed by atoms with E-state index in [2.05, 4.69) is 10.3 Å². The van der Waals surface area contributed by atoms with Crippen LogP contribution in [0.3, 0.4) is 0 Å². The highest BCUT2D eigenvalue weighted by atomic mass is 16.3. The molecule has 5 nitrogen and oxygen atoms in total. The van der Waals surface area contributed by atoms with Crippen molar-refractivity contribution in [3.8, 4) is 5.75 Å². The molecule has 0 aliphatic carbocycles. The van der Waals surface area contributed by atoms with Gasteiger partial charge in [-0.2, -0.15) is 0 Å². The molecule has 0 bridgehead atoms. The third-order valence-corrected chi connectivity index (χ3v) is 2.82. The maximum Gasteiger partial charge on any atom is 0.257 e. The fraction of sp³-hybridized carbons (Fsp3) is 0.143. The molecule has 98 valence electrons. The SMILES string of the molecule is Cc1ccc(NC(=O)c2cc(N)cnc2C)cc1O. The molecule has 0 aliphatic rings. The first-order valence-corrected chi connectivity index (χ1v) is 5.80. The molecule has 0 atom stereocenters. The molecular weight excluding hydrogens is 242 g/mol. The van der Waals surface area contributed by atoms with Gasteiger partial charge in [0.05, 0.1) is 23.1 Å². The van der Waals surface area contributed by atoms with Gasteiger partial charge in [0.15, 0.2) is 0 Å². The molecule has 4 N–H and O–H groups in total. The second-order valence-corrected chi connectivity index (χ2v) is 4.36. The van der Waals surface area contributed by atoms with E-state index >= 15 is 0 Å². The number of aromatic nitrogens is 1. The Bertz CT molecular complexity index is 639. The van der Waals surface area contributed by atoms with Crippen molar-refractivity contribution >= 4 is 17.3 Å². The smallest absolute Gasteiger partial charge is 0.257 e. The van der Waals surface area contributed by atoms with Crippen molar-refractivity contribution in [3.63, 3.8) is 0 Å². The van der Waals surface area contributed by atoms with Gasteiger partial charge in [0.1, 0.15) is 5.75 Å². The Kier molecular flexibility index (Phi) is 3.37. The highest BCUT2D eigenvalue weighted by Gasteiger charge is 2.11. The van der Waals surface area contributed by atoms with Crippen LogP contribution in [0, 0.1) is 13.8 Å². The molecule has 0 fully saturated rings. The van der Waals surface area contributed by atoms with Crippen molar-refractivity contribution in [2.24, 2.45) is 0 Å². The normalized spacial score (nSPS) is 10.2. The number of benzene rings is 1. The van der Waals surface area contributed by atoms with Crippen LogP contribution in [0.5, 0.6) is 5.75 Å². The van der Waals surface area contributed by atoms with E-state index in [0.29, 0.717) is 22.6 Å². The Labute approximate surface area is 111 Å².